The number of benzene rings is 1. The highest BCUT2D eigenvalue weighted by Gasteiger charge is 2.26. The second-order valence-corrected chi connectivity index (χ2v) is 8.87. The van der Waals surface area contributed by atoms with Crippen LogP contribution in [0.25, 0.3) is 10.2 Å². The Kier molecular flexibility index (Phi) is 4.68. The molecule has 0 saturated carbocycles. The Morgan fingerprint density at radius 2 is 1.92 bits per heavy atom. The van der Waals surface area contributed by atoms with Crippen LogP contribution >= 0.6 is 22.7 Å². The zero-order valence-corrected chi connectivity index (χ0v) is 15.7. The summed E-state index contributed by atoms with van der Waals surface area (Å²) < 4.78 is 7.82. The van der Waals surface area contributed by atoms with Crippen LogP contribution in [0.3, 0.4) is 0 Å². The van der Waals surface area contributed by atoms with Gasteiger partial charge >= 0.3 is 0 Å². The number of thiazole rings is 1. The summed E-state index contributed by atoms with van der Waals surface area (Å²) in [5.41, 5.74) is 1.07. The lowest BCUT2D eigenvalue weighted by Gasteiger charge is -2.31. The fourth-order valence-corrected chi connectivity index (χ4v) is 5.17. The Labute approximate surface area is 150 Å². The lowest BCUT2D eigenvalue weighted by molar-refractivity contribution is -0.0220. The molecule has 0 amide bonds. The van der Waals surface area contributed by atoms with E-state index in [1.165, 1.54) is 14.5 Å². The van der Waals surface area contributed by atoms with Gasteiger partial charge in [0.05, 0.1) is 16.3 Å². The van der Waals surface area contributed by atoms with Crippen molar-refractivity contribution in [2.24, 2.45) is 0 Å². The number of aromatic nitrogens is 1. The van der Waals surface area contributed by atoms with Crippen LogP contribution in [0.15, 0.2) is 36.4 Å². The second kappa shape index (κ2) is 6.92. The number of hydrogen-bond acceptors (Lipinski definition) is 5. The van der Waals surface area contributed by atoms with E-state index in [1.54, 1.807) is 11.3 Å². The Bertz CT molecular complexity index is 785. The highest BCUT2D eigenvalue weighted by atomic mass is 32.1. The first kappa shape index (κ1) is 16.2. The third-order valence-corrected chi connectivity index (χ3v) is 6.67. The Balaban J connectivity index is 1.65. The first-order valence-corrected chi connectivity index (χ1v) is 10.1. The van der Waals surface area contributed by atoms with Crippen molar-refractivity contribution in [3.63, 3.8) is 0 Å². The van der Waals surface area contributed by atoms with Gasteiger partial charge in [-0.1, -0.05) is 12.1 Å². The number of thiophene rings is 1. The van der Waals surface area contributed by atoms with Crippen molar-refractivity contribution < 1.29 is 4.74 Å². The summed E-state index contributed by atoms with van der Waals surface area (Å²) in [6.45, 7) is 4.38. The topological polar surface area (TPSA) is 25.4 Å². The van der Waals surface area contributed by atoms with Gasteiger partial charge in [-0.2, -0.15) is 0 Å². The number of aryl methyl sites for hydroxylation is 1. The molecule has 1 fully saturated rings. The molecule has 0 N–H and O–H groups in total. The van der Waals surface area contributed by atoms with Gasteiger partial charge in [0.1, 0.15) is 11.1 Å². The number of para-hydroxylation sites is 1. The number of hydrogen-bond donors (Lipinski definition) is 0. The van der Waals surface area contributed by atoms with Gasteiger partial charge < -0.3 is 9.64 Å². The van der Waals surface area contributed by atoms with Gasteiger partial charge in [-0.3, -0.25) is 0 Å². The Hall–Kier alpha value is -1.27. The minimum Gasteiger partial charge on any atom is -0.362 e. The highest BCUT2D eigenvalue weighted by molar-refractivity contribution is 7.19. The number of piperidine rings is 1. The van der Waals surface area contributed by atoms with Gasteiger partial charge in [0.25, 0.3) is 0 Å². The average molecular weight is 359 g/mol. The lowest BCUT2D eigenvalue weighted by Crippen LogP contribution is -2.34. The van der Waals surface area contributed by atoms with E-state index < -0.39 is 0 Å². The zero-order valence-electron chi connectivity index (χ0n) is 14.1. The Morgan fingerprint density at radius 1 is 1.12 bits per heavy atom. The highest BCUT2D eigenvalue weighted by Crippen LogP contribution is 2.37. The Morgan fingerprint density at radius 3 is 2.62 bits per heavy atom. The molecule has 3 aromatic rings. The molecule has 1 saturated heterocycles. The van der Waals surface area contributed by atoms with Gasteiger partial charge in [-0.15, -0.1) is 22.7 Å². The predicted octanol–water partition coefficient (Wildman–Crippen LogP) is 4.87. The molecule has 4 rings (SSSR count). The molecule has 1 aromatic carbocycles. The number of ether oxygens (including phenoxy) is 1. The first-order valence-electron chi connectivity index (χ1n) is 8.45. The van der Waals surface area contributed by atoms with Crippen molar-refractivity contribution in [2.75, 3.05) is 20.1 Å². The van der Waals surface area contributed by atoms with E-state index in [0.717, 1.165) is 36.5 Å². The summed E-state index contributed by atoms with van der Waals surface area (Å²) in [5.74, 6) is 0. The fraction of sp³-hybridized carbons (Fsp3) is 0.421. The molecule has 2 aromatic heterocycles. The van der Waals surface area contributed by atoms with Gasteiger partial charge in [0, 0.05) is 22.8 Å². The van der Waals surface area contributed by atoms with E-state index >= 15 is 0 Å². The quantitative estimate of drug-likeness (QED) is 0.665. The standard InChI is InChI=1S/C19H22N2OS2/c1-13-7-8-17(23-13)18(22-14-9-11-21(2)12-10-14)19-20-15-5-3-4-6-16(15)24-19/h3-8,14,18H,9-12H2,1-2H3. The molecule has 0 spiro atoms. The summed E-state index contributed by atoms with van der Waals surface area (Å²) in [7, 11) is 2.18. The molecule has 0 bridgehead atoms. The van der Waals surface area contributed by atoms with Crippen LogP contribution in [0.5, 0.6) is 0 Å². The van der Waals surface area contributed by atoms with E-state index in [0.29, 0.717) is 6.10 Å². The molecule has 1 aliphatic rings. The van der Waals surface area contributed by atoms with Crippen molar-refractivity contribution in [2.45, 2.75) is 32.0 Å². The van der Waals surface area contributed by atoms with Crippen molar-refractivity contribution >= 4 is 32.9 Å². The maximum Gasteiger partial charge on any atom is 0.143 e. The largest absolute Gasteiger partial charge is 0.362 e. The minimum absolute atomic E-state index is 0.0329. The van der Waals surface area contributed by atoms with Crippen LogP contribution in [0.2, 0.25) is 0 Å². The summed E-state index contributed by atoms with van der Waals surface area (Å²) in [4.78, 5) is 9.84. The number of likely N-dealkylation sites (tertiary alicyclic amines) is 1. The zero-order chi connectivity index (χ0) is 16.5. The smallest absolute Gasteiger partial charge is 0.143 e. The molecular formula is C19H22N2OS2. The molecular weight excluding hydrogens is 336 g/mol. The molecule has 1 unspecified atom stereocenters. The SMILES string of the molecule is Cc1ccc(C(OC2CCN(C)CC2)c2nc3ccccc3s2)s1. The number of nitrogens with zero attached hydrogens (tertiary/aromatic N) is 2. The molecule has 126 valence electrons. The van der Waals surface area contributed by atoms with Crippen LogP contribution in [0.4, 0.5) is 0 Å². The first-order chi connectivity index (χ1) is 11.7. The van der Waals surface area contributed by atoms with E-state index in [1.807, 2.05) is 17.4 Å². The van der Waals surface area contributed by atoms with Crippen LogP contribution < -0.4 is 0 Å². The molecule has 1 atom stereocenters. The van der Waals surface area contributed by atoms with Gasteiger partial charge in [-0.25, -0.2) is 4.98 Å². The number of fused-ring (bicyclic) bond motifs is 1. The molecule has 24 heavy (non-hydrogen) atoms. The monoisotopic (exact) mass is 358 g/mol. The van der Waals surface area contributed by atoms with E-state index in [9.17, 15) is 0 Å². The minimum atomic E-state index is -0.0329. The van der Waals surface area contributed by atoms with Crippen molar-refractivity contribution in [3.8, 4) is 0 Å². The third kappa shape index (κ3) is 3.40. The third-order valence-electron chi connectivity index (χ3n) is 4.55. The van der Waals surface area contributed by atoms with E-state index in [4.69, 9.17) is 9.72 Å². The average Bonchev–Trinajstić information content (AvgIpc) is 3.20. The molecule has 0 aliphatic carbocycles. The lowest BCUT2D eigenvalue weighted by atomic mass is 10.1. The van der Waals surface area contributed by atoms with Crippen LogP contribution in [0, 0.1) is 6.92 Å². The van der Waals surface area contributed by atoms with Gasteiger partial charge in [0.15, 0.2) is 0 Å². The van der Waals surface area contributed by atoms with Crippen molar-refractivity contribution in [3.05, 3.63) is 51.2 Å². The summed E-state index contributed by atoms with van der Waals surface area (Å²) in [5, 5.41) is 1.08. The summed E-state index contributed by atoms with van der Waals surface area (Å²) >= 11 is 3.58. The molecule has 0 radical (unpaired) electrons. The van der Waals surface area contributed by atoms with Gasteiger partial charge in [0.2, 0.25) is 0 Å². The fourth-order valence-electron chi connectivity index (χ4n) is 3.16. The normalized spacial score (nSPS) is 18.2. The van der Waals surface area contributed by atoms with E-state index in [2.05, 4.69) is 49.2 Å². The van der Waals surface area contributed by atoms with Crippen molar-refractivity contribution in [1.29, 1.82) is 0 Å². The molecule has 3 nitrogen and oxygen atoms in total. The van der Waals surface area contributed by atoms with E-state index in [-0.39, 0.29) is 6.10 Å². The predicted molar refractivity (Wildman–Crippen MR) is 102 cm³/mol. The van der Waals surface area contributed by atoms with Crippen LogP contribution in [-0.2, 0) is 4.74 Å². The molecule has 5 heteroatoms. The maximum atomic E-state index is 6.59. The van der Waals surface area contributed by atoms with Crippen LogP contribution in [-0.4, -0.2) is 36.1 Å². The molecule has 3 heterocycles. The summed E-state index contributed by atoms with van der Waals surface area (Å²) in [6.07, 6.45) is 2.49. The van der Waals surface area contributed by atoms with Crippen molar-refractivity contribution in [1.82, 2.24) is 9.88 Å². The summed E-state index contributed by atoms with van der Waals surface area (Å²) in [6, 6.07) is 12.7. The number of rotatable bonds is 4. The van der Waals surface area contributed by atoms with Crippen LogP contribution in [0.1, 0.15) is 33.7 Å². The second-order valence-electron chi connectivity index (χ2n) is 6.49. The van der Waals surface area contributed by atoms with Gasteiger partial charge in [-0.05, 0) is 51.1 Å². The molecule has 1 aliphatic heterocycles. The maximum absolute atomic E-state index is 6.59.